The van der Waals surface area contributed by atoms with Crippen LogP contribution in [0.2, 0.25) is 0 Å². The highest BCUT2D eigenvalue weighted by atomic mass is 32.1. The average molecular weight is 627 g/mol. The Morgan fingerprint density at radius 1 is 0.889 bits per heavy atom. The topological polar surface area (TPSA) is 128 Å². The van der Waals surface area contributed by atoms with Crippen LogP contribution < -0.4 is 20.3 Å². The molecule has 1 aromatic heterocycles. The second-order valence-corrected chi connectivity index (χ2v) is 11.6. The van der Waals surface area contributed by atoms with Crippen molar-refractivity contribution in [1.29, 1.82) is 0 Å². The SMILES string of the molecule is COc1ccc(CC(=O)Nc2cc(C(=O)NC(CC(=O)O)c3cccs3)ccc2N2CCN(C(=O)c3ccccc3)CC2)cc1. The molecule has 11 heteroatoms. The van der Waals surface area contributed by atoms with Gasteiger partial charge in [-0.2, -0.15) is 0 Å². The lowest BCUT2D eigenvalue weighted by atomic mass is 10.1. The molecule has 232 valence electrons. The van der Waals surface area contributed by atoms with Gasteiger partial charge in [-0.25, -0.2) is 0 Å². The third-order valence-electron chi connectivity index (χ3n) is 7.56. The van der Waals surface area contributed by atoms with Gasteiger partial charge in [0.15, 0.2) is 0 Å². The molecule has 45 heavy (non-hydrogen) atoms. The zero-order valence-corrected chi connectivity index (χ0v) is 25.6. The van der Waals surface area contributed by atoms with Gasteiger partial charge in [0.05, 0.1) is 37.4 Å². The van der Waals surface area contributed by atoms with Gasteiger partial charge in [0.1, 0.15) is 5.75 Å². The van der Waals surface area contributed by atoms with E-state index in [1.54, 1.807) is 61.7 Å². The fraction of sp³-hybridized carbons (Fsp3) is 0.235. The molecule has 1 aliphatic rings. The molecule has 0 aliphatic carbocycles. The van der Waals surface area contributed by atoms with E-state index in [0.29, 0.717) is 43.2 Å². The number of carboxylic acids is 1. The van der Waals surface area contributed by atoms with Crippen LogP contribution in [0.25, 0.3) is 0 Å². The van der Waals surface area contributed by atoms with E-state index < -0.39 is 17.9 Å². The number of piperazine rings is 1. The summed E-state index contributed by atoms with van der Waals surface area (Å²) < 4.78 is 5.21. The fourth-order valence-corrected chi connectivity index (χ4v) is 6.00. The number of anilines is 2. The molecule has 3 amide bonds. The van der Waals surface area contributed by atoms with Crippen LogP contribution >= 0.6 is 11.3 Å². The lowest BCUT2D eigenvalue weighted by Crippen LogP contribution is -2.49. The zero-order chi connectivity index (χ0) is 31.8. The predicted octanol–water partition coefficient (Wildman–Crippen LogP) is 4.85. The number of hydrogen-bond acceptors (Lipinski definition) is 7. The van der Waals surface area contributed by atoms with Gasteiger partial charge in [-0.1, -0.05) is 36.4 Å². The number of benzene rings is 3. The van der Waals surface area contributed by atoms with E-state index in [2.05, 4.69) is 15.5 Å². The summed E-state index contributed by atoms with van der Waals surface area (Å²) in [6.45, 7) is 2.05. The maximum atomic E-state index is 13.4. The molecule has 4 aromatic rings. The average Bonchev–Trinajstić information content (AvgIpc) is 3.60. The largest absolute Gasteiger partial charge is 0.497 e. The number of carboxylic acid groups (broad SMARTS) is 1. The highest BCUT2D eigenvalue weighted by molar-refractivity contribution is 7.10. The molecule has 1 unspecified atom stereocenters. The Morgan fingerprint density at radius 3 is 2.27 bits per heavy atom. The van der Waals surface area contributed by atoms with Crippen molar-refractivity contribution in [2.75, 3.05) is 43.5 Å². The van der Waals surface area contributed by atoms with Gasteiger partial charge in [-0.05, 0) is 59.5 Å². The third kappa shape index (κ3) is 8.07. The predicted molar refractivity (Wildman–Crippen MR) is 173 cm³/mol. The number of hydrogen-bond donors (Lipinski definition) is 3. The molecule has 0 radical (unpaired) electrons. The molecule has 1 atom stereocenters. The van der Waals surface area contributed by atoms with Crippen LogP contribution in [0.4, 0.5) is 11.4 Å². The van der Waals surface area contributed by atoms with Crippen molar-refractivity contribution in [2.45, 2.75) is 18.9 Å². The Kier molecular flexibility index (Phi) is 10.1. The van der Waals surface area contributed by atoms with E-state index in [-0.39, 0.29) is 30.2 Å². The first-order chi connectivity index (χ1) is 21.8. The van der Waals surface area contributed by atoms with Crippen LogP contribution in [0, 0.1) is 0 Å². The van der Waals surface area contributed by atoms with Crippen LogP contribution in [-0.2, 0) is 16.0 Å². The second kappa shape index (κ2) is 14.5. The van der Waals surface area contributed by atoms with Crippen LogP contribution in [0.3, 0.4) is 0 Å². The van der Waals surface area contributed by atoms with Gasteiger partial charge in [-0.15, -0.1) is 11.3 Å². The van der Waals surface area contributed by atoms with Gasteiger partial charge in [-0.3, -0.25) is 19.2 Å². The van der Waals surface area contributed by atoms with Crippen LogP contribution in [-0.4, -0.2) is 67.0 Å². The van der Waals surface area contributed by atoms with Crippen LogP contribution in [0.5, 0.6) is 5.75 Å². The van der Waals surface area contributed by atoms with E-state index in [0.717, 1.165) is 16.1 Å². The summed E-state index contributed by atoms with van der Waals surface area (Å²) in [4.78, 5) is 55.7. The minimum absolute atomic E-state index is 0.0306. The zero-order valence-electron chi connectivity index (χ0n) is 24.8. The molecule has 1 fully saturated rings. The van der Waals surface area contributed by atoms with Crippen LogP contribution in [0.1, 0.15) is 43.6 Å². The number of amides is 3. The summed E-state index contributed by atoms with van der Waals surface area (Å²) in [7, 11) is 1.58. The normalized spacial score (nSPS) is 13.5. The van der Waals surface area contributed by atoms with Gasteiger partial charge in [0.2, 0.25) is 5.91 Å². The van der Waals surface area contributed by atoms with E-state index in [4.69, 9.17) is 4.74 Å². The summed E-state index contributed by atoms with van der Waals surface area (Å²) in [5, 5.41) is 17.1. The Hall–Kier alpha value is -5.16. The first-order valence-corrected chi connectivity index (χ1v) is 15.4. The standard InChI is InChI=1S/C34H34N4O6S/c1-44-26-12-9-23(10-13-26)20-31(39)35-27-21-25(33(42)36-28(22-32(40)41)30-8-5-19-45-30)11-14-29(27)37-15-17-38(18-16-37)34(43)24-6-3-2-4-7-24/h2-14,19,21,28H,15-18,20,22H2,1H3,(H,35,39)(H,36,42)(H,40,41). The molecule has 0 bridgehead atoms. The number of carbonyl (C=O) groups is 4. The van der Waals surface area contributed by atoms with E-state index in [1.165, 1.54) is 11.3 Å². The Labute approximate surface area is 265 Å². The first-order valence-electron chi connectivity index (χ1n) is 14.5. The van der Waals surface area contributed by atoms with E-state index >= 15 is 0 Å². The number of carbonyl (C=O) groups excluding carboxylic acids is 3. The molecule has 3 N–H and O–H groups in total. The van der Waals surface area contributed by atoms with Gasteiger partial charge >= 0.3 is 5.97 Å². The molecule has 1 saturated heterocycles. The summed E-state index contributed by atoms with van der Waals surface area (Å²) in [6, 6.07) is 24.3. The summed E-state index contributed by atoms with van der Waals surface area (Å²) >= 11 is 1.37. The van der Waals surface area contributed by atoms with Crippen molar-refractivity contribution in [3.8, 4) is 5.75 Å². The Morgan fingerprint density at radius 2 is 1.62 bits per heavy atom. The minimum Gasteiger partial charge on any atom is -0.497 e. The molecular formula is C34H34N4O6S. The number of methoxy groups -OCH3 is 1. The molecule has 5 rings (SSSR count). The first kappa shape index (κ1) is 31.3. The molecule has 10 nitrogen and oxygen atoms in total. The molecule has 0 spiro atoms. The molecular weight excluding hydrogens is 592 g/mol. The monoisotopic (exact) mass is 626 g/mol. The number of nitrogens with one attached hydrogen (secondary N) is 2. The lowest BCUT2D eigenvalue weighted by Gasteiger charge is -2.37. The summed E-state index contributed by atoms with van der Waals surface area (Å²) in [5.74, 6) is -1.09. The highest BCUT2D eigenvalue weighted by Crippen LogP contribution is 2.30. The van der Waals surface area contributed by atoms with E-state index in [9.17, 15) is 24.3 Å². The number of aliphatic carboxylic acids is 1. The maximum absolute atomic E-state index is 13.4. The third-order valence-corrected chi connectivity index (χ3v) is 8.54. The number of nitrogens with zero attached hydrogens (tertiary/aromatic N) is 2. The van der Waals surface area contributed by atoms with Gasteiger partial charge < -0.3 is 30.3 Å². The number of ether oxygens (including phenoxy) is 1. The van der Waals surface area contributed by atoms with Crippen LogP contribution in [0.15, 0.2) is 90.3 Å². The van der Waals surface area contributed by atoms with Crippen molar-refractivity contribution in [3.63, 3.8) is 0 Å². The highest BCUT2D eigenvalue weighted by Gasteiger charge is 2.25. The molecule has 1 aliphatic heterocycles. The number of rotatable bonds is 11. The fourth-order valence-electron chi connectivity index (χ4n) is 5.22. The van der Waals surface area contributed by atoms with Crippen molar-refractivity contribution in [3.05, 3.63) is 112 Å². The van der Waals surface area contributed by atoms with Gasteiger partial charge in [0, 0.05) is 42.2 Å². The Balaban J connectivity index is 1.35. The summed E-state index contributed by atoms with van der Waals surface area (Å²) in [5.41, 5.74) is 2.89. The van der Waals surface area contributed by atoms with Crippen molar-refractivity contribution < 1.29 is 29.0 Å². The molecule has 2 heterocycles. The molecule has 3 aromatic carbocycles. The number of thiophene rings is 1. The van der Waals surface area contributed by atoms with E-state index in [1.807, 2.05) is 40.6 Å². The maximum Gasteiger partial charge on any atom is 0.305 e. The Bertz CT molecular complexity index is 1640. The molecule has 0 saturated carbocycles. The van der Waals surface area contributed by atoms with Gasteiger partial charge in [0.25, 0.3) is 11.8 Å². The lowest BCUT2D eigenvalue weighted by molar-refractivity contribution is -0.137. The minimum atomic E-state index is -1.03. The summed E-state index contributed by atoms with van der Waals surface area (Å²) in [6.07, 6.45) is -0.153. The van der Waals surface area contributed by atoms with Crippen molar-refractivity contribution in [1.82, 2.24) is 10.2 Å². The van der Waals surface area contributed by atoms with Crippen molar-refractivity contribution in [2.24, 2.45) is 0 Å². The second-order valence-electron chi connectivity index (χ2n) is 10.6. The van der Waals surface area contributed by atoms with Crippen molar-refractivity contribution >= 4 is 46.4 Å². The smallest absolute Gasteiger partial charge is 0.305 e. The quantitative estimate of drug-likeness (QED) is 0.217.